The largest absolute Gasteiger partial charge is 0.459 e. The van der Waals surface area contributed by atoms with Crippen LogP contribution < -0.4 is 10.2 Å². The smallest absolute Gasteiger partial charge is 0.134 e. The normalized spacial score (nSPS) is 14.4. The van der Waals surface area contributed by atoms with Crippen LogP contribution in [0, 0.1) is 6.92 Å². The molecule has 1 saturated heterocycles. The number of nitrogens with one attached hydrogen (secondary N) is 1. The summed E-state index contributed by atoms with van der Waals surface area (Å²) in [5.41, 5.74) is 4.37. The van der Waals surface area contributed by atoms with Crippen molar-refractivity contribution in [1.82, 2.24) is 0 Å². The fraction of sp³-hybridized carbons (Fsp3) is 0.273. The number of anilines is 2. The second kappa shape index (κ2) is 8.07. The Bertz CT molecular complexity index is 899. The molecule has 4 rings (SSSR count). The molecule has 0 spiro atoms. The van der Waals surface area contributed by atoms with Gasteiger partial charge in [0.25, 0.3) is 0 Å². The number of ether oxygens (including phenoxy) is 1. The molecule has 1 N–H and O–H groups in total. The van der Waals surface area contributed by atoms with Gasteiger partial charge < -0.3 is 19.4 Å². The molecule has 0 aliphatic carbocycles. The van der Waals surface area contributed by atoms with Crippen molar-refractivity contribution in [3.8, 4) is 11.3 Å². The number of hydrogen-bond acceptors (Lipinski definition) is 4. The van der Waals surface area contributed by atoms with Crippen molar-refractivity contribution >= 4 is 23.0 Å². The molecule has 5 heteroatoms. The number of furan rings is 1. The van der Waals surface area contributed by atoms with Gasteiger partial charge in [-0.2, -0.15) is 0 Å². The van der Waals surface area contributed by atoms with Gasteiger partial charge in [-0.1, -0.05) is 23.7 Å². The molecule has 2 heterocycles. The molecule has 1 fully saturated rings. The van der Waals surface area contributed by atoms with Crippen LogP contribution in [0.1, 0.15) is 11.3 Å². The lowest BCUT2D eigenvalue weighted by Crippen LogP contribution is -2.36. The Balaban J connectivity index is 1.39. The molecule has 0 unspecified atom stereocenters. The van der Waals surface area contributed by atoms with Crippen molar-refractivity contribution in [2.45, 2.75) is 13.5 Å². The van der Waals surface area contributed by atoms with E-state index in [0.717, 1.165) is 59.7 Å². The predicted octanol–water partition coefficient (Wildman–Crippen LogP) is 5.36. The quantitative estimate of drug-likeness (QED) is 0.644. The third-order valence-electron chi connectivity index (χ3n) is 4.91. The van der Waals surface area contributed by atoms with Gasteiger partial charge in [-0.15, -0.1) is 0 Å². The van der Waals surface area contributed by atoms with Crippen molar-refractivity contribution < 1.29 is 9.15 Å². The van der Waals surface area contributed by atoms with Gasteiger partial charge >= 0.3 is 0 Å². The van der Waals surface area contributed by atoms with E-state index in [-0.39, 0.29) is 0 Å². The van der Waals surface area contributed by atoms with Crippen molar-refractivity contribution in [2.24, 2.45) is 0 Å². The highest BCUT2D eigenvalue weighted by Crippen LogP contribution is 2.30. The summed E-state index contributed by atoms with van der Waals surface area (Å²) in [4.78, 5) is 2.35. The Morgan fingerprint density at radius 3 is 2.56 bits per heavy atom. The molecule has 3 aromatic rings. The summed E-state index contributed by atoms with van der Waals surface area (Å²) in [5.74, 6) is 1.73. The molecule has 27 heavy (non-hydrogen) atoms. The Morgan fingerprint density at radius 1 is 1.00 bits per heavy atom. The average molecular weight is 383 g/mol. The van der Waals surface area contributed by atoms with Gasteiger partial charge in [0, 0.05) is 35.1 Å². The first kappa shape index (κ1) is 18.0. The zero-order chi connectivity index (χ0) is 18.6. The lowest BCUT2D eigenvalue weighted by molar-refractivity contribution is 0.122. The number of benzene rings is 2. The molecular weight excluding hydrogens is 360 g/mol. The van der Waals surface area contributed by atoms with E-state index in [2.05, 4.69) is 34.5 Å². The van der Waals surface area contributed by atoms with Gasteiger partial charge in [0.1, 0.15) is 11.5 Å². The van der Waals surface area contributed by atoms with Crippen LogP contribution in [-0.2, 0) is 11.3 Å². The van der Waals surface area contributed by atoms with Gasteiger partial charge in [0.05, 0.1) is 19.8 Å². The van der Waals surface area contributed by atoms with Crippen LogP contribution in [0.3, 0.4) is 0 Å². The molecular formula is C22H23ClN2O2. The predicted molar refractivity (Wildman–Crippen MR) is 111 cm³/mol. The minimum Gasteiger partial charge on any atom is -0.459 e. The molecule has 4 nitrogen and oxygen atoms in total. The van der Waals surface area contributed by atoms with E-state index in [1.807, 2.05) is 37.3 Å². The van der Waals surface area contributed by atoms with E-state index < -0.39 is 0 Å². The fourth-order valence-electron chi connectivity index (χ4n) is 3.29. The average Bonchev–Trinajstić information content (AvgIpc) is 3.18. The molecule has 140 valence electrons. The highest BCUT2D eigenvalue weighted by atomic mass is 35.5. The molecule has 0 atom stereocenters. The van der Waals surface area contributed by atoms with E-state index in [4.69, 9.17) is 20.8 Å². The third kappa shape index (κ3) is 4.12. The van der Waals surface area contributed by atoms with Crippen LogP contribution >= 0.6 is 11.6 Å². The van der Waals surface area contributed by atoms with Gasteiger partial charge in [-0.25, -0.2) is 0 Å². The second-order valence-corrected chi connectivity index (χ2v) is 7.09. The number of halogens is 1. The summed E-state index contributed by atoms with van der Waals surface area (Å²) in [5, 5.41) is 4.17. The van der Waals surface area contributed by atoms with Gasteiger partial charge in [0.15, 0.2) is 0 Å². The lowest BCUT2D eigenvalue weighted by atomic mass is 10.1. The first-order valence-electron chi connectivity index (χ1n) is 9.21. The van der Waals surface area contributed by atoms with E-state index in [1.54, 1.807) is 0 Å². The zero-order valence-electron chi connectivity index (χ0n) is 15.4. The van der Waals surface area contributed by atoms with Crippen molar-refractivity contribution in [1.29, 1.82) is 0 Å². The summed E-state index contributed by atoms with van der Waals surface area (Å²) in [7, 11) is 0. The summed E-state index contributed by atoms with van der Waals surface area (Å²) in [6.07, 6.45) is 0. The van der Waals surface area contributed by atoms with E-state index in [0.29, 0.717) is 6.54 Å². The minimum atomic E-state index is 0.635. The van der Waals surface area contributed by atoms with Gasteiger partial charge in [-0.05, 0) is 55.0 Å². The molecule has 0 radical (unpaired) electrons. The Hall–Kier alpha value is -2.43. The summed E-state index contributed by atoms with van der Waals surface area (Å²) in [6, 6.07) is 18.4. The maximum Gasteiger partial charge on any atom is 0.134 e. The van der Waals surface area contributed by atoms with Gasteiger partial charge in [-0.3, -0.25) is 0 Å². The standard InChI is InChI=1S/C22H23ClN2O2/c1-16-20(3-2-4-21(16)23)22-10-9-19(27-22)15-24-17-5-7-18(8-6-17)25-11-13-26-14-12-25/h2-10,24H,11-15H2,1H3. The van der Waals surface area contributed by atoms with Crippen LogP contribution in [0.5, 0.6) is 0 Å². The van der Waals surface area contributed by atoms with Crippen LogP contribution in [-0.4, -0.2) is 26.3 Å². The molecule has 0 bridgehead atoms. The highest BCUT2D eigenvalue weighted by Gasteiger charge is 2.11. The van der Waals surface area contributed by atoms with Crippen molar-refractivity contribution in [3.63, 3.8) is 0 Å². The molecule has 1 aromatic heterocycles. The number of morpholine rings is 1. The third-order valence-corrected chi connectivity index (χ3v) is 5.31. The number of nitrogens with zero attached hydrogens (tertiary/aromatic N) is 1. The maximum absolute atomic E-state index is 6.22. The van der Waals surface area contributed by atoms with E-state index in [9.17, 15) is 0 Å². The number of hydrogen-bond donors (Lipinski definition) is 1. The first-order valence-corrected chi connectivity index (χ1v) is 9.59. The summed E-state index contributed by atoms with van der Waals surface area (Å²) < 4.78 is 11.4. The molecule has 0 saturated carbocycles. The summed E-state index contributed by atoms with van der Waals surface area (Å²) in [6.45, 7) is 6.14. The van der Waals surface area contributed by atoms with Gasteiger partial charge in [0.2, 0.25) is 0 Å². The fourth-order valence-corrected chi connectivity index (χ4v) is 3.47. The Morgan fingerprint density at radius 2 is 1.78 bits per heavy atom. The molecule has 1 aliphatic heterocycles. The van der Waals surface area contributed by atoms with Crippen molar-refractivity contribution in [3.05, 3.63) is 70.9 Å². The Kier molecular flexibility index (Phi) is 5.37. The van der Waals surface area contributed by atoms with E-state index >= 15 is 0 Å². The SMILES string of the molecule is Cc1c(Cl)cccc1-c1ccc(CNc2ccc(N3CCOCC3)cc2)o1. The monoisotopic (exact) mass is 382 g/mol. The maximum atomic E-state index is 6.22. The van der Waals surface area contributed by atoms with Crippen LogP contribution in [0.2, 0.25) is 5.02 Å². The van der Waals surface area contributed by atoms with Crippen molar-refractivity contribution in [2.75, 3.05) is 36.5 Å². The first-order chi connectivity index (χ1) is 13.2. The van der Waals surface area contributed by atoms with Crippen LogP contribution in [0.25, 0.3) is 11.3 Å². The minimum absolute atomic E-state index is 0.635. The molecule has 2 aromatic carbocycles. The lowest BCUT2D eigenvalue weighted by Gasteiger charge is -2.28. The zero-order valence-corrected chi connectivity index (χ0v) is 16.1. The van der Waals surface area contributed by atoms with Crippen LogP contribution in [0.4, 0.5) is 11.4 Å². The van der Waals surface area contributed by atoms with Crippen LogP contribution in [0.15, 0.2) is 59.0 Å². The number of rotatable bonds is 5. The highest BCUT2D eigenvalue weighted by molar-refractivity contribution is 6.31. The Labute approximate surface area is 164 Å². The second-order valence-electron chi connectivity index (χ2n) is 6.68. The summed E-state index contributed by atoms with van der Waals surface area (Å²) >= 11 is 6.22. The molecule has 1 aliphatic rings. The molecule has 0 amide bonds. The van der Waals surface area contributed by atoms with E-state index in [1.165, 1.54) is 5.69 Å². The topological polar surface area (TPSA) is 37.6 Å².